The summed E-state index contributed by atoms with van der Waals surface area (Å²) in [6.07, 6.45) is 2.80. The monoisotopic (exact) mass is 262 g/mol. The third-order valence-electron chi connectivity index (χ3n) is 2.53. The van der Waals surface area contributed by atoms with E-state index in [2.05, 4.69) is 23.3 Å². The highest BCUT2D eigenvalue weighted by molar-refractivity contribution is 7.11. The van der Waals surface area contributed by atoms with E-state index < -0.39 is 0 Å². The van der Waals surface area contributed by atoms with Crippen LogP contribution in [0.4, 0.5) is 0 Å². The van der Waals surface area contributed by atoms with Gasteiger partial charge in [0.05, 0.1) is 11.6 Å². The summed E-state index contributed by atoms with van der Waals surface area (Å²) in [5.74, 6) is 0.932. The normalized spacial score (nSPS) is 10.6. The molecule has 0 saturated carbocycles. The first kappa shape index (κ1) is 13.1. The summed E-state index contributed by atoms with van der Waals surface area (Å²) in [5.41, 5.74) is 1.22. The van der Waals surface area contributed by atoms with Gasteiger partial charge in [0.2, 0.25) is 0 Å². The number of thiazole rings is 1. The van der Waals surface area contributed by atoms with Gasteiger partial charge in [-0.1, -0.05) is 12.1 Å². The van der Waals surface area contributed by atoms with Gasteiger partial charge in [0.15, 0.2) is 0 Å². The minimum absolute atomic E-state index is 0.677. The SMILES string of the molecule is CNCc1cnc(CCOc2cccc(C)c2)s1. The summed E-state index contributed by atoms with van der Waals surface area (Å²) in [5, 5.41) is 4.26. The standard InChI is InChI=1S/C14H18N2OS/c1-11-4-3-5-12(8-11)17-7-6-14-16-10-13(18-14)9-15-2/h3-5,8,10,15H,6-7,9H2,1-2H3. The van der Waals surface area contributed by atoms with Gasteiger partial charge in [-0.3, -0.25) is 0 Å². The third-order valence-corrected chi connectivity index (χ3v) is 3.58. The molecule has 1 aromatic carbocycles. The minimum atomic E-state index is 0.677. The van der Waals surface area contributed by atoms with Crippen LogP contribution < -0.4 is 10.1 Å². The van der Waals surface area contributed by atoms with E-state index in [9.17, 15) is 0 Å². The molecule has 96 valence electrons. The number of aryl methyl sites for hydroxylation is 1. The lowest BCUT2D eigenvalue weighted by Gasteiger charge is -2.05. The van der Waals surface area contributed by atoms with Crippen LogP contribution in [-0.2, 0) is 13.0 Å². The van der Waals surface area contributed by atoms with Gasteiger partial charge in [0.1, 0.15) is 5.75 Å². The van der Waals surface area contributed by atoms with E-state index in [1.54, 1.807) is 11.3 Å². The average Bonchev–Trinajstić information content (AvgIpc) is 2.78. The van der Waals surface area contributed by atoms with Crippen LogP contribution in [0.25, 0.3) is 0 Å². The van der Waals surface area contributed by atoms with E-state index >= 15 is 0 Å². The predicted octanol–water partition coefficient (Wildman–Crippen LogP) is 2.79. The average molecular weight is 262 g/mol. The highest BCUT2D eigenvalue weighted by Crippen LogP contribution is 2.15. The number of nitrogens with zero attached hydrogens (tertiary/aromatic N) is 1. The summed E-state index contributed by atoms with van der Waals surface area (Å²) in [6.45, 7) is 3.63. The molecule has 0 saturated heterocycles. The summed E-state index contributed by atoms with van der Waals surface area (Å²) >= 11 is 1.74. The fraction of sp³-hybridized carbons (Fsp3) is 0.357. The van der Waals surface area contributed by atoms with Crippen molar-refractivity contribution in [2.75, 3.05) is 13.7 Å². The molecule has 1 aromatic heterocycles. The van der Waals surface area contributed by atoms with Crippen molar-refractivity contribution in [1.29, 1.82) is 0 Å². The Morgan fingerprint density at radius 2 is 2.28 bits per heavy atom. The lowest BCUT2D eigenvalue weighted by atomic mass is 10.2. The molecule has 2 aromatic rings. The maximum Gasteiger partial charge on any atom is 0.119 e. The fourth-order valence-electron chi connectivity index (χ4n) is 1.68. The minimum Gasteiger partial charge on any atom is -0.493 e. The van der Waals surface area contributed by atoms with Gasteiger partial charge in [0, 0.05) is 24.0 Å². The molecular weight excluding hydrogens is 244 g/mol. The zero-order chi connectivity index (χ0) is 12.8. The molecule has 2 rings (SSSR count). The first-order chi connectivity index (χ1) is 8.78. The molecule has 0 aliphatic heterocycles. The van der Waals surface area contributed by atoms with Crippen molar-refractivity contribution in [2.24, 2.45) is 0 Å². The van der Waals surface area contributed by atoms with E-state index in [0.29, 0.717) is 6.61 Å². The van der Waals surface area contributed by atoms with Crippen molar-refractivity contribution in [1.82, 2.24) is 10.3 Å². The molecule has 0 amide bonds. The molecule has 1 N–H and O–H groups in total. The summed E-state index contributed by atoms with van der Waals surface area (Å²) in [7, 11) is 1.94. The molecule has 0 radical (unpaired) electrons. The van der Waals surface area contributed by atoms with Crippen LogP contribution in [0.1, 0.15) is 15.4 Å². The van der Waals surface area contributed by atoms with Crippen molar-refractivity contribution in [3.05, 3.63) is 45.9 Å². The molecule has 4 heteroatoms. The Balaban J connectivity index is 1.81. The molecule has 18 heavy (non-hydrogen) atoms. The van der Waals surface area contributed by atoms with Crippen molar-refractivity contribution < 1.29 is 4.74 Å². The van der Waals surface area contributed by atoms with E-state index in [1.807, 2.05) is 31.4 Å². The van der Waals surface area contributed by atoms with E-state index in [1.165, 1.54) is 10.4 Å². The van der Waals surface area contributed by atoms with Gasteiger partial charge in [-0.2, -0.15) is 0 Å². The van der Waals surface area contributed by atoms with Crippen LogP contribution in [0.3, 0.4) is 0 Å². The van der Waals surface area contributed by atoms with Crippen LogP contribution in [0, 0.1) is 6.92 Å². The maximum atomic E-state index is 5.71. The number of ether oxygens (including phenoxy) is 1. The number of rotatable bonds is 6. The second-order valence-electron chi connectivity index (χ2n) is 4.17. The zero-order valence-corrected chi connectivity index (χ0v) is 11.6. The van der Waals surface area contributed by atoms with Gasteiger partial charge in [-0.25, -0.2) is 4.98 Å². The zero-order valence-electron chi connectivity index (χ0n) is 10.8. The highest BCUT2D eigenvalue weighted by atomic mass is 32.1. The topological polar surface area (TPSA) is 34.2 Å². The quantitative estimate of drug-likeness (QED) is 0.869. The smallest absolute Gasteiger partial charge is 0.119 e. The molecule has 0 spiro atoms. The first-order valence-corrected chi connectivity index (χ1v) is 6.87. The number of hydrogen-bond acceptors (Lipinski definition) is 4. The Hall–Kier alpha value is -1.39. The molecule has 0 aliphatic rings. The molecule has 0 unspecified atom stereocenters. The van der Waals surface area contributed by atoms with Gasteiger partial charge in [0.25, 0.3) is 0 Å². The number of aromatic nitrogens is 1. The van der Waals surface area contributed by atoms with Crippen molar-refractivity contribution in [2.45, 2.75) is 19.9 Å². The molecular formula is C14H18N2OS. The first-order valence-electron chi connectivity index (χ1n) is 6.05. The van der Waals surface area contributed by atoms with Crippen LogP contribution in [0.2, 0.25) is 0 Å². The molecule has 0 atom stereocenters. The number of nitrogens with one attached hydrogen (secondary N) is 1. The van der Waals surface area contributed by atoms with Gasteiger partial charge < -0.3 is 10.1 Å². The lowest BCUT2D eigenvalue weighted by molar-refractivity contribution is 0.321. The maximum absolute atomic E-state index is 5.71. The van der Waals surface area contributed by atoms with Gasteiger partial charge in [-0.15, -0.1) is 11.3 Å². The molecule has 0 fully saturated rings. The highest BCUT2D eigenvalue weighted by Gasteiger charge is 2.02. The second kappa shape index (κ2) is 6.52. The van der Waals surface area contributed by atoms with E-state index in [4.69, 9.17) is 4.74 Å². The van der Waals surface area contributed by atoms with Crippen molar-refractivity contribution in [3.8, 4) is 5.75 Å². The van der Waals surface area contributed by atoms with Crippen LogP contribution >= 0.6 is 11.3 Å². The van der Waals surface area contributed by atoms with Crippen molar-refractivity contribution >= 4 is 11.3 Å². The fourth-order valence-corrected chi connectivity index (χ4v) is 2.60. The van der Waals surface area contributed by atoms with E-state index in [0.717, 1.165) is 23.7 Å². The number of hydrogen-bond donors (Lipinski definition) is 1. The third kappa shape index (κ3) is 3.82. The Bertz CT molecular complexity index is 496. The Morgan fingerprint density at radius 1 is 1.39 bits per heavy atom. The van der Waals surface area contributed by atoms with Gasteiger partial charge >= 0.3 is 0 Å². The van der Waals surface area contributed by atoms with Gasteiger partial charge in [-0.05, 0) is 31.7 Å². The molecule has 1 heterocycles. The second-order valence-corrected chi connectivity index (χ2v) is 5.37. The molecule has 0 aliphatic carbocycles. The van der Waals surface area contributed by atoms with E-state index in [-0.39, 0.29) is 0 Å². The van der Waals surface area contributed by atoms with Crippen LogP contribution in [-0.4, -0.2) is 18.6 Å². The largest absolute Gasteiger partial charge is 0.493 e. The van der Waals surface area contributed by atoms with Crippen LogP contribution in [0.5, 0.6) is 5.75 Å². The predicted molar refractivity (Wildman–Crippen MR) is 75.3 cm³/mol. The Morgan fingerprint density at radius 3 is 3.06 bits per heavy atom. The molecule has 3 nitrogen and oxygen atoms in total. The summed E-state index contributed by atoms with van der Waals surface area (Å²) in [6, 6.07) is 8.12. The number of benzene rings is 1. The summed E-state index contributed by atoms with van der Waals surface area (Å²) in [4.78, 5) is 5.65. The lowest BCUT2D eigenvalue weighted by Crippen LogP contribution is -2.02. The van der Waals surface area contributed by atoms with Crippen molar-refractivity contribution in [3.63, 3.8) is 0 Å². The summed E-state index contributed by atoms with van der Waals surface area (Å²) < 4.78 is 5.71. The van der Waals surface area contributed by atoms with Crippen LogP contribution in [0.15, 0.2) is 30.5 Å². The Kier molecular flexibility index (Phi) is 4.73. The molecule has 0 bridgehead atoms. The Labute approximate surface area is 112 Å².